The third-order valence-corrected chi connectivity index (χ3v) is 4.29. The molecule has 1 aromatic rings. The summed E-state index contributed by atoms with van der Waals surface area (Å²) in [6.45, 7) is 1.89. The fraction of sp³-hybridized carbons (Fsp3) is 0.154. The van der Waals surface area contributed by atoms with Gasteiger partial charge in [0.15, 0.2) is 5.78 Å². The molecule has 0 aromatic heterocycles. The van der Waals surface area contributed by atoms with Crippen molar-refractivity contribution in [1.82, 2.24) is 0 Å². The second-order valence-corrected chi connectivity index (χ2v) is 5.34. The molecule has 1 nitrogen and oxygen atoms in total. The first-order valence-electron chi connectivity index (χ1n) is 5.08. The van der Waals surface area contributed by atoms with Gasteiger partial charge in [-0.25, -0.2) is 0 Å². The summed E-state index contributed by atoms with van der Waals surface area (Å²) >= 11 is 0. The molecule has 1 heterocycles. The number of rotatable bonds is 3. The molecule has 1 aliphatic rings. The average molecular weight is 218 g/mol. The molecule has 0 radical (unpaired) electrons. The molecule has 0 N–H and O–H groups in total. The highest BCUT2D eigenvalue weighted by Crippen LogP contribution is 2.41. The smallest absolute Gasteiger partial charge is 0.162 e. The Hall–Kier alpha value is -1.28. The maximum absolute atomic E-state index is 11.4. The Labute approximate surface area is 92.9 Å². The first-order valence-corrected chi connectivity index (χ1v) is 6.56. The number of allylic oxidation sites excluding steroid dienone is 2. The normalized spacial score (nSPS) is 15.9. The van der Waals surface area contributed by atoms with Gasteiger partial charge in [0.2, 0.25) is 0 Å². The van der Waals surface area contributed by atoms with Crippen LogP contribution in [0.4, 0.5) is 0 Å². The van der Waals surface area contributed by atoms with Crippen LogP contribution in [0.5, 0.6) is 0 Å². The van der Waals surface area contributed by atoms with Crippen LogP contribution in [0.2, 0.25) is 0 Å². The van der Waals surface area contributed by atoms with Crippen LogP contribution >= 0.6 is 10.9 Å². The lowest BCUT2D eigenvalue weighted by Gasteiger charge is -2.10. The summed E-state index contributed by atoms with van der Waals surface area (Å²) in [5, 5.41) is 4.43. The molecular weight excluding hydrogens is 204 g/mol. The number of hydrogen-bond donors (Lipinski definition) is 1. The van der Waals surface area contributed by atoms with Crippen molar-refractivity contribution in [3.63, 3.8) is 0 Å². The van der Waals surface area contributed by atoms with Crippen molar-refractivity contribution >= 4 is 16.7 Å². The van der Waals surface area contributed by atoms with Crippen LogP contribution < -0.4 is 0 Å². The number of hydrogen-bond acceptors (Lipinski definition) is 1. The summed E-state index contributed by atoms with van der Waals surface area (Å²) in [7, 11) is -0.249. The van der Waals surface area contributed by atoms with Crippen LogP contribution in [0.3, 0.4) is 0 Å². The Balaban J connectivity index is 2.20. The van der Waals surface area contributed by atoms with Crippen LogP contribution in [0.25, 0.3) is 0 Å². The van der Waals surface area contributed by atoms with E-state index in [9.17, 15) is 4.79 Å². The van der Waals surface area contributed by atoms with E-state index in [0.717, 1.165) is 5.56 Å². The van der Waals surface area contributed by atoms with E-state index >= 15 is 0 Å². The quantitative estimate of drug-likeness (QED) is 0.605. The van der Waals surface area contributed by atoms with Crippen molar-refractivity contribution in [3.05, 3.63) is 52.8 Å². The second-order valence-electron chi connectivity index (χ2n) is 3.41. The molecule has 0 saturated heterocycles. The lowest BCUT2D eigenvalue weighted by Crippen LogP contribution is -1.95. The summed E-state index contributed by atoms with van der Waals surface area (Å²) in [6.07, 6.45) is 4.74. The van der Waals surface area contributed by atoms with Crippen molar-refractivity contribution in [3.8, 4) is 0 Å². The molecule has 0 bridgehead atoms. The van der Waals surface area contributed by atoms with Gasteiger partial charge in [-0.2, -0.15) is 10.9 Å². The van der Waals surface area contributed by atoms with E-state index in [2.05, 4.69) is 35.1 Å². The molecule has 0 amide bonds. The summed E-state index contributed by atoms with van der Waals surface area (Å²) in [5.74, 6) is 0.215. The van der Waals surface area contributed by atoms with E-state index in [4.69, 9.17) is 0 Å². The fourth-order valence-corrected chi connectivity index (χ4v) is 3.04. The van der Waals surface area contributed by atoms with Crippen molar-refractivity contribution in [2.45, 2.75) is 18.2 Å². The van der Waals surface area contributed by atoms with E-state index in [1.165, 1.54) is 4.90 Å². The van der Waals surface area contributed by atoms with Gasteiger partial charge in [-0.05, 0) is 27.8 Å². The zero-order valence-electron chi connectivity index (χ0n) is 8.68. The lowest BCUT2D eigenvalue weighted by molar-refractivity contribution is 0.0988. The second kappa shape index (κ2) is 4.49. The van der Waals surface area contributed by atoms with Gasteiger partial charge in [-0.1, -0.05) is 31.2 Å². The third kappa shape index (κ3) is 2.21. The van der Waals surface area contributed by atoms with E-state index in [1.54, 1.807) is 0 Å². The Kier molecular flexibility index (Phi) is 3.07. The molecule has 1 aliphatic heterocycles. The molecular formula is C13H14OS. The largest absolute Gasteiger partial charge is 0.294 e. The molecule has 0 fully saturated rings. The zero-order valence-corrected chi connectivity index (χ0v) is 9.58. The number of thiol groups is 1. The van der Waals surface area contributed by atoms with E-state index in [-0.39, 0.29) is 16.7 Å². The maximum atomic E-state index is 11.4. The molecule has 0 atom stereocenters. The Bertz CT molecular complexity index is 403. The number of benzene rings is 1. The molecule has 0 aliphatic carbocycles. The first kappa shape index (κ1) is 10.2. The van der Waals surface area contributed by atoms with Crippen LogP contribution in [0, 0.1) is 0 Å². The molecule has 0 spiro atoms. The fourth-order valence-electron chi connectivity index (χ4n) is 1.53. The first-order chi connectivity index (χ1) is 7.31. The predicted octanol–water partition coefficient (Wildman–Crippen LogP) is 3.68. The van der Waals surface area contributed by atoms with Crippen molar-refractivity contribution in [1.29, 1.82) is 0 Å². The monoisotopic (exact) mass is 218 g/mol. The highest BCUT2D eigenvalue weighted by molar-refractivity contribution is 8.22. The van der Waals surface area contributed by atoms with Gasteiger partial charge < -0.3 is 0 Å². The summed E-state index contributed by atoms with van der Waals surface area (Å²) in [6, 6.07) is 8.00. The van der Waals surface area contributed by atoms with Gasteiger partial charge in [-0.3, -0.25) is 4.79 Å². The van der Waals surface area contributed by atoms with Crippen molar-refractivity contribution in [2.75, 3.05) is 0 Å². The molecule has 0 unspecified atom stereocenters. The molecule has 2 heteroatoms. The van der Waals surface area contributed by atoms with Gasteiger partial charge in [-0.15, -0.1) is 0 Å². The number of carbonyl (C=O) groups excluding carboxylic acids is 1. The number of carbonyl (C=O) groups is 1. The minimum Gasteiger partial charge on any atom is -0.294 e. The predicted molar refractivity (Wildman–Crippen MR) is 66.6 cm³/mol. The van der Waals surface area contributed by atoms with Crippen LogP contribution in [-0.2, 0) is 0 Å². The number of ketones is 1. The molecule has 2 rings (SSSR count). The standard InChI is InChI=1S/C13H14OS/c1-2-13(14)11-5-7-12(8-6-11)15-9-3-4-10-15/h3-10,15H,2H2,1H3. The van der Waals surface area contributed by atoms with Gasteiger partial charge in [0.05, 0.1) is 0 Å². The SMILES string of the molecule is CCC(=O)c1ccc([SH]2C=CC=C2)cc1. The molecule has 15 heavy (non-hydrogen) atoms. The highest BCUT2D eigenvalue weighted by Gasteiger charge is 2.05. The van der Waals surface area contributed by atoms with Crippen molar-refractivity contribution < 1.29 is 4.79 Å². The van der Waals surface area contributed by atoms with Crippen LogP contribution in [-0.4, -0.2) is 5.78 Å². The van der Waals surface area contributed by atoms with Gasteiger partial charge in [0, 0.05) is 12.0 Å². The van der Waals surface area contributed by atoms with E-state index in [1.807, 2.05) is 19.1 Å². The van der Waals surface area contributed by atoms with Crippen LogP contribution in [0.1, 0.15) is 23.7 Å². The Morgan fingerprint density at radius 1 is 1.13 bits per heavy atom. The average Bonchev–Trinajstić information content (AvgIpc) is 2.82. The topological polar surface area (TPSA) is 17.1 Å². The third-order valence-electron chi connectivity index (χ3n) is 2.41. The lowest BCUT2D eigenvalue weighted by atomic mass is 10.1. The van der Waals surface area contributed by atoms with E-state index in [0.29, 0.717) is 6.42 Å². The minimum atomic E-state index is -0.249. The minimum absolute atomic E-state index is 0.215. The maximum Gasteiger partial charge on any atom is 0.162 e. The highest BCUT2D eigenvalue weighted by atomic mass is 32.2. The van der Waals surface area contributed by atoms with Gasteiger partial charge >= 0.3 is 0 Å². The summed E-state index contributed by atoms with van der Waals surface area (Å²) in [5.41, 5.74) is 0.823. The Morgan fingerprint density at radius 3 is 2.27 bits per heavy atom. The van der Waals surface area contributed by atoms with Gasteiger partial charge in [0.25, 0.3) is 0 Å². The molecule has 0 saturated carbocycles. The van der Waals surface area contributed by atoms with E-state index < -0.39 is 0 Å². The Morgan fingerprint density at radius 2 is 1.73 bits per heavy atom. The number of Topliss-reactive ketones (excluding diaryl/α,β-unsaturated/α-hetero) is 1. The summed E-state index contributed by atoms with van der Waals surface area (Å²) in [4.78, 5) is 12.7. The molecule has 78 valence electrons. The summed E-state index contributed by atoms with van der Waals surface area (Å²) < 4.78 is 0. The molecule has 1 aromatic carbocycles. The van der Waals surface area contributed by atoms with Crippen molar-refractivity contribution in [2.24, 2.45) is 0 Å². The van der Waals surface area contributed by atoms with Gasteiger partial charge in [0.1, 0.15) is 0 Å². The zero-order chi connectivity index (χ0) is 10.7. The van der Waals surface area contributed by atoms with Crippen LogP contribution in [0.15, 0.2) is 52.1 Å².